The molecule has 0 saturated heterocycles. The molecular weight excluding hydrogens is 563 g/mol. The molecule has 3 aromatic rings. The van der Waals surface area contributed by atoms with Crippen LogP contribution in [0.2, 0.25) is 0 Å². The number of aliphatic imine (C=N–C) groups is 1. The van der Waals surface area contributed by atoms with Gasteiger partial charge in [-0.15, -0.1) is 13.2 Å². The first-order chi connectivity index (χ1) is 19.6. The number of amides is 2. The molecule has 0 saturated carbocycles. The summed E-state index contributed by atoms with van der Waals surface area (Å²) in [5, 5.41) is 2.85. The van der Waals surface area contributed by atoms with Gasteiger partial charge in [0.05, 0.1) is 32.8 Å². The highest BCUT2D eigenvalue weighted by Crippen LogP contribution is 2.38. The number of alkyl halides is 3. The largest absolute Gasteiger partial charge is 0.573 e. The second kappa shape index (κ2) is 12.7. The lowest BCUT2D eigenvalue weighted by Crippen LogP contribution is -2.31. The average Bonchev–Trinajstić information content (AvgIpc) is 3.26. The number of anilines is 2. The Balaban J connectivity index is 1.57. The number of para-hydroxylation sites is 1. The normalized spacial score (nSPS) is 14.1. The maximum atomic E-state index is 13.5. The summed E-state index contributed by atoms with van der Waals surface area (Å²) in [6.45, 7) is 0. The number of hydrogen-bond donors (Lipinski definition) is 1. The highest BCUT2D eigenvalue weighted by atomic mass is 32.2. The highest BCUT2D eigenvalue weighted by molar-refractivity contribution is 8.14. The van der Waals surface area contributed by atoms with Crippen LogP contribution < -0.4 is 29.2 Å². The fraction of sp³-hybridized carbons (Fsp3) is 0.179. The van der Waals surface area contributed by atoms with Crippen molar-refractivity contribution in [2.45, 2.75) is 6.36 Å². The summed E-state index contributed by atoms with van der Waals surface area (Å²) < 4.78 is 57.2. The molecule has 0 radical (unpaired) electrons. The zero-order valence-electron chi connectivity index (χ0n) is 22.0. The molecule has 1 aliphatic heterocycles. The SMILES string of the molecule is COc1cc(/C=C2/N=C(SCC(=O)Nc3ccc(OC(F)(F)F)cc3)N(c3ccccc3)C2=O)c(OC)c(OC)c1. The van der Waals surface area contributed by atoms with Crippen molar-refractivity contribution in [2.75, 3.05) is 37.3 Å². The number of ether oxygens (including phenoxy) is 4. The van der Waals surface area contributed by atoms with Gasteiger partial charge in [0.1, 0.15) is 17.2 Å². The minimum atomic E-state index is -4.82. The van der Waals surface area contributed by atoms with Crippen molar-refractivity contribution in [3.05, 3.63) is 78.0 Å². The molecule has 2 amide bonds. The molecule has 1 heterocycles. The maximum absolute atomic E-state index is 13.5. The van der Waals surface area contributed by atoms with Gasteiger partial charge in [0.2, 0.25) is 5.91 Å². The molecule has 0 atom stereocenters. The second-order valence-corrected chi connectivity index (χ2v) is 9.20. The second-order valence-electron chi connectivity index (χ2n) is 8.26. The molecule has 0 spiro atoms. The van der Waals surface area contributed by atoms with Gasteiger partial charge in [-0.3, -0.25) is 14.5 Å². The van der Waals surface area contributed by atoms with Crippen molar-refractivity contribution in [3.63, 3.8) is 0 Å². The number of carbonyl (C=O) groups is 2. The van der Waals surface area contributed by atoms with Gasteiger partial charge in [-0.05, 0) is 48.5 Å². The number of methoxy groups -OCH3 is 3. The van der Waals surface area contributed by atoms with Gasteiger partial charge >= 0.3 is 6.36 Å². The van der Waals surface area contributed by atoms with Crippen LogP contribution in [0.15, 0.2) is 77.4 Å². The minimum Gasteiger partial charge on any atom is -0.497 e. The maximum Gasteiger partial charge on any atom is 0.573 e. The Morgan fingerprint density at radius 3 is 2.29 bits per heavy atom. The van der Waals surface area contributed by atoms with Crippen molar-refractivity contribution < 1.29 is 41.7 Å². The lowest BCUT2D eigenvalue weighted by molar-refractivity contribution is -0.274. The third kappa shape index (κ3) is 7.31. The van der Waals surface area contributed by atoms with Crippen molar-refractivity contribution in [1.82, 2.24) is 0 Å². The number of thioether (sulfide) groups is 1. The zero-order chi connectivity index (χ0) is 29.6. The Bertz CT molecular complexity index is 1480. The molecule has 0 fully saturated rings. The highest BCUT2D eigenvalue weighted by Gasteiger charge is 2.33. The third-order valence-electron chi connectivity index (χ3n) is 5.56. The number of hydrogen-bond acceptors (Lipinski definition) is 8. The molecule has 1 N–H and O–H groups in total. The summed E-state index contributed by atoms with van der Waals surface area (Å²) in [4.78, 5) is 32.1. The van der Waals surface area contributed by atoms with E-state index in [4.69, 9.17) is 14.2 Å². The number of rotatable bonds is 9. The summed E-state index contributed by atoms with van der Waals surface area (Å²) in [7, 11) is 4.45. The van der Waals surface area contributed by atoms with E-state index in [-0.39, 0.29) is 22.3 Å². The van der Waals surface area contributed by atoms with Crippen molar-refractivity contribution in [1.29, 1.82) is 0 Å². The molecule has 0 aliphatic carbocycles. The summed E-state index contributed by atoms with van der Waals surface area (Å²) in [5.41, 5.74) is 1.40. The molecule has 4 rings (SSSR count). The standard InChI is InChI=1S/C28H24F3N3O6S/c1-37-21-13-17(25(39-3)23(15-21)38-2)14-22-26(36)34(19-7-5-4-6-8-19)27(33-22)41-16-24(35)32-18-9-11-20(12-10-18)40-28(29,30)31/h4-15H,16H2,1-3H3,(H,32,35)/b22-14+. The van der Waals surface area contributed by atoms with Gasteiger partial charge in [0.15, 0.2) is 16.7 Å². The van der Waals surface area contributed by atoms with Gasteiger partial charge < -0.3 is 24.3 Å². The van der Waals surface area contributed by atoms with Crippen molar-refractivity contribution in [3.8, 4) is 23.0 Å². The van der Waals surface area contributed by atoms with Crippen LogP contribution in [0.25, 0.3) is 6.08 Å². The summed E-state index contributed by atoms with van der Waals surface area (Å²) in [6, 6.07) is 16.9. The van der Waals surface area contributed by atoms with Crippen molar-refractivity contribution in [2.24, 2.45) is 4.99 Å². The van der Waals surface area contributed by atoms with Crippen LogP contribution in [-0.4, -0.2) is 50.4 Å². The van der Waals surface area contributed by atoms with Crippen LogP contribution in [0.3, 0.4) is 0 Å². The Labute approximate surface area is 237 Å². The van der Waals surface area contributed by atoms with E-state index in [1.807, 2.05) is 0 Å². The van der Waals surface area contributed by atoms with Crippen molar-refractivity contribution >= 4 is 46.2 Å². The lowest BCUT2D eigenvalue weighted by Gasteiger charge is -2.17. The molecule has 214 valence electrons. The topological polar surface area (TPSA) is 98.7 Å². The van der Waals surface area contributed by atoms with Crippen LogP contribution in [0.1, 0.15) is 5.56 Å². The van der Waals surface area contributed by atoms with Crippen LogP contribution in [-0.2, 0) is 9.59 Å². The molecule has 0 bridgehead atoms. The Hall–Kier alpha value is -4.65. The summed E-state index contributed by atoms with van der Waals surface area (Å²) in [5.74, 6) is -0.179. The van der Waals surface area contributed by atoms with Crippen LogP contribution in [0.4, 0.5) is 24.5 Å². The van der Waals surface area contributed by atoms with Crippen LogP contribution >= 0.6 is 11.8 Å². The van der Waals surface area contributed by atoms with E-state index in [9.17, 15) is 22.8 Å². The predicted octanol–water partition coefficient (Wildman–Crippen LogP) is 5.73. The molecule has 41 heavy (non-hydrogen) atoms. The number of carbonyl (C=O) groups excluding carboxylic acids is 2. The predicted molar refractivity (Wildman–Crippen MR) is 150 cm³/mol. The van der Waals surface area contributed by atoms with E-state index in [1.54, 1.807) is 48.5 Å². The van der Waals surface area contributed by atoms with E-state index < -0.39 is 23.9 Å². The van der Waals surface area contributed by atoms with Gasteiger partial charge in [0.25, 0.3) is 5.91 Å². The van der Waals surface area contributed by atoms with Gasteiger partial charge in [-0.1, -0.05) is 30.0 Å². The van der Waals surface area contributed by atoms with E-state index in [1.165, 1.54) is 38.4 Å². The quantitative estimate of drug-likeness (QED) is 0.320. The van der Waals surface area contributed by atoms with Gasteiger partial charge in [0, 0.05) is 17.3 Å². The number of benzene rings is 3. The first-order valence-corrected chi connectivity index (χ1v) is 12.9. The third-order valence-corrected chi connectivity index (χ3v) is 6.50. The van der Waals surface area contributed by atoms with E-state index in [0.717, 1.165) is 23.9 Å². The molecule has 3 aromatic carbocycles. The fourth-order valence-electron chi connectivity index (χ4n) is 3.80. The van der Waals surface area contributed by atoms with Gasteiger partial charge in [-0.25, -0.2) is 4.99 Å². The minimum absolute atomic E-state index is 0.0885. The van der Waals surface area contributed by atoms with Crippen LogP contribution in [0.5, 0.6) is 23.0 Å². The molecule has 13 heteroatoms. The van der Waals surface area contributed by atoms with Gasteiger partial charge in [-0.2, -0.15) is 0 Å². The molecule has 1 aliphatic rings. The molecule has 9 nitrogen and oxygen atoms in total. The Kier molecular flexibility index (Phi) is 9.07. The Morgan fingerprint density at radius 1 is 0.976 bits per heavy atom. The summed E-state index contributed by atoms with van der Waals surface area (Å²) >= 11 is 1.02. The molecule has 0 aromatic heterocycles. The average molecular weight is 588 g/mol. The van der Waals surface area contributed by atoms with E-state index in [2.05, 4.69) is 15.0 Å². The smallest absolute Gasteiger partial charge is 0.497 e. The number of nitrogens with one attached hydrogen (secondary N) is 1. The lowest BCUT2D eigenvalue weighted by atomic mass is 10.1. The molecule has 0 unspecified atom stereocenters. The monoisotopic (exact) mass is 587 g/mol. The van der Waals surface area contributed by atoms with Crippen LogP contribution in [0, 0.1) is 0 Å². The zero-order valence-corrected chi connectivity index (χ0v) is 22.8. The number of nitrogens with zero attached hydrogens (tertiary/aromatic N) is 2. The summed E-state index contributed by atoms with van der Waals surface area (Å²) in [6.07, 6.45) is -3.27. The van der Waals surface area contributed by atoms with E-state index in [0.29, 0.717) is 28.5 Å². The Morgan fingerprint density at radius 2 is 1.68 bits per heavy atom. The molecular formula is C28H24F3N3O6S. The number of halogens is 3. The number of amidine groups is 1. The first-order valence-electron chi connectivity index (χ1n) is 11.9. The first kappa shape index (κ1) is 29.3. The van der Waals surface area contributed by atoms with E-state index >= 15 is 0 Å². The fourth-order valence-corrected chi connectivity index (χ4v) is 4.62.